The lowest BCUT2D eigenvalue weighted by Gasteiger charge is -2.18. The average molecular weight is 462 g/mol. The molecule has 3 rings (SSSR count). The summed E-state index contributed by atoms with van der Waals surface area (Å²) >= 11 is 3.00. The molecule has 0 saturated carbocycles. The zero-order valence-corrected chi connectivity index (χ0v) is 19.4. The molecule has 30 heavy (non-hydrogen) atoms. The van der Waals surface area contributed by atoms with Crippen LogP contribution in [0.3, 0.4) is 0 Å². The van der Waals surface area contributed by atoms with Gasteiger partial charge in [-0.15, -0.1) is 23.1 Å². The standard InChI is InChI=1S/C21H23N3O3S3/c1-4-24(5-2)30(26,27)18-8-6-7-16(13-18)20(25)23-21-22-19(14-29-21)15-9-11-17(28-3)12-10-15/h6-14H,4-5H2,1-3H3,(H,22,23,25). The van der Waals surface area contributed by atoms with E-state index in [0.717, 1.165) is 11.3 Å². The predicted octanol–water partition coefficient (Wildman–Crippen LogP) is 4.81. The molecule has 0 bridgehead atoms. The predicted molar refractivity (Wildman–Crippen MR) is 124 cm³/mol. The fourth-order valence-corrected chi connectivity index (χ4v) is 5.53. The van der Waals surface area contributed by atoms with Crippen LogP contribution in [0.15, 0.2) is 63.7 Å². The third kappa shape index (κ3) is 4.92. The number of thioether (sulfide) groups is 1. The van der Waals surface area contributed by atoms with Gasteiger partial charge in [0.05, 0.1) is 10.6 Å². The van der Waals surface area contributed by atoms with Gasteiger partial charge in [-0.05, 0) is 36.6 Å². The van der Waals surface area contributed by atoms with Crippen molar-refractivity contribution in [2.75, 3.05) is 24.7 Å². The molecule has 158 valence electrons. The van der Waals surface area contributed by atoms with Crippen LogP contribution in [0.4, 0.5) is 5.13 Å². The molecule has 0 aliphatic heterocycles. The number of anilines is 1. The lowest BCUT2D eigenvalue weighted by molar-refractivity contribution is 0.102. The van der Waals surface area contributed by atoms with Crippen LogP contribution in [0.2, 0.25) is 0 Å². The van der Waals surface area contributed by atoms with Gasteiger partial charge in [-0.2, -0.15) is 4.31 Å². The van der Waals surface area contributed by atoms with E-state index >= 15 is 0 Å². The Kier molecular flexibility index (Phi) is 7.30. The van der Waals surface area contributed by atoms with Crippen LogP contribution in [-0.4, -0.2) is 43.0 Å². The van der Waals surface area contributed by atoms with Crippen molar-refractivity contribution in [1.29, 1.82) is 0 Å². The number of carbonyl (C=O) groups excluding carboxylic acids is 1. The lowest BCUT2D eigenvalue weighted by atomic mass is 10.2. The third-order valence-corrected chi connectivity index (χ3v) is 8.10. The molecule has 9 heteroatoms. The van der Waals surface area contributed by atoms with Gasteiger partial charge in [-0.25, -0.2) is 13.4 Å². The van der Waals surface area contributed by atoms with E-state index in [2.05, 4.69) is 10.3 Å². The minimum Gasteiger partial charge on any atom is -0.298 e. The number of rotatable bonds is 8. The Morgan fingerprint density at radius 2 is 1.83 bits per heavy atom. The molecule has 0 aliphatic rings. The Morgan fingerprint density at radius 1 is 1.13 bits per heavy atom. The third-order valence-electron chi connectivity index (χ3n) is 4.55. The number of benzene rings is 2. The summed E-state index contributed by atoms with van der Waals surface area (Å²) in [5.74, 6) is -0.398. The fourth-order valence-electron chi connectivity index (χ4n) is 2.91. The van der Waals surface area contributed by atoms with Crippen LogP contribution in [0, 0.1) is 0 Å². The second-order valence-electron chi connectivity index (χ2n) is 6.34. The van der Waals surface area contributed by atoms with E-state index in [-0.39, 0.29) is 10.5 Å². The maximum absolute atomic E-state index is 12.7. The van der Waals surface area contributed by atoms with E-state index in [9.17, 15) is 13.2 Å². The van der Waals surface area contributed by atoms with Crippen LogP contribution < -0.4 is 5.32 Å². The molecule has 6 nitrogen and oxygen atoms in total. The molecule has 0 radical (unpaired) electrons. The maximum atomic E-state index is 12.7. The van der Waals surface area contributed by atoms with E-state index in [1.165, 1.54) is 32.7 Å². The molecule has 3 aromatic rings. The Labute approximate surface area is 185 Å². The molecular weight excluding hydrogens is 438 g/mol. The van der Waals surface area contributed by atoms with Crippen molar-refractivity contribution in [2.24, 2.45) is 0 Å². The first-order valence-corrected chi connectivity index (χ1v) is 12.9. The highest BCUT2D eigenvalue weighted by Gasteiger charge is 2.22. The van der Waals surface area contributed by atoms with Crippen LogP contribution in [-0.2, 0) is 10.0 Å². The normalized spacial score (nSPS) is 11.6. The van der Waals surface area contributed by atoms with Crippen molar-refractivity contribution in [3.8, 4) is 11.3 Å². The first kappa shape index (κ1) is 22.5. The Balaban J connectivity index is 1.78. The number of thiazole rings is 1. The van der Waals surface area contributed by atoms with Gasteiger partial charge in [0, 0.05) is 34.5 Å². The second-order valence-corrected chi connectivity index (χ2v) is 10.0. The molecule has 0 atom stereocenters. The molecule has 1 N–H and O–H groups in total. The van der Waals surface area contributed by atoms with Crippen molar-refractivity contribution >= 4 is 44.2 Å². The average Bonchev–Trinajstić information content (AvgIpc) is 3.23. The zero-order valence-electron chi connectivity index (χ0n) is 17.0. The number of hydrogen-bond donors (Lipinski definition) is 1. The summed E-state index contributed by atoms with van der Waals surface area (Å²) in [6.07, 6.45) is 2.02. The van der Waals surface area contributed by atoms with Crippen molar-refractivity contribution < 1.29 is 13.2 Å². The van der Waals surface area contributed by atoms with Gasteiger partial charge in [-0.1, -0.05) is 32.0 Å². The highest BCUT2D eigenvalue weighted by Crippen LogP contribution is 2.27. The quantitative estimate of drug-likeness (QED) is 0.487. The molecule has 0 saturated heterocycles. The van der Waals surface area contributed by atoms with Crippen LogP contribution in [0.5, 0.6) is 0 Å². The van der Waals surface area contributed by atoms with E-state index in [1.54, 1.807) is 37.7 Å². The topological polar surface area (TPSA) is 79.4 Å². The first-order valence-electron chi connectivity index (χ1n) is 9.40. The van der Waals surface area contributed by atoms with Gasteiger partial charge in [-0.3, -0.25) is 10.1 Å². The molecule has 1 aromatic heterocycles. The van der Waals surface area contributed by atoms with Crippen molar-refractivity contribution in [2.45, 2.75) is 23.6 Å². The number of aromatic nitrogens is 1. The van der Waals surface area contributed by atoms with E-state index in [4.69, 9.17) is 0 Å². The molecule has 2 aromatic carbocycles. The SMILES string of the molecule is CCN(CC)S(=O)(=O)c1cccc(C(=O)Nc2nc(-c3ccc(SC)cc3)cs2)c1. The van der Waals surface area contributed by atoms with E-state index < -0.39 is 15.9 Å². The summed E-state index contributed by atoms with van der Waals surface area (Å²) in [6.45, 7) is 4.31. The fraction of sp³-hybridized carbons (Fsp3) is 0.238. The summed E-state index contributed by atoms with van der Waals surface area (Å²) < 4.78 is 26.8. The number of nitrogens with zero attached hydrogens (tertiary/aromatic N) is 2. The monoisotopic (exact) mass is 461 g/mol. The van der Waals surface area contributed by atoms with E-state index in [1.807, 2.05) is 35.9 Å². The second kappa shape index (κ2) is 9.74. The highest BCUT2D eigenvalue weighted by atomic mass is 32.2. The van der Waals surface area contributed by atoms with Gasteiger partial charge in [0.25, 0.3) is 5.91 Å². The van der Waals surface area contributed by atoms with Gasteiger partial charge in [0.1, 0.15) is 0 Å². The van der Waals surface area contributed by atoms with Crippen LogP contribution in [0.1, 0.15) is 24.2 Å². The molecule has 0 unspecified atom stereocenters. The summed E-state index contributed by atoms with van der Waals surface area (Å²) in [7, 11) is -3.63. The molecule has 1 amide bonds. The van der Waals surface area contributed by atoms with Gasteiger partial charge >= 0.3 is 0 Å². The van der Waals surface area contributed by atoms with Crippen molar-refractivity contribution in [3.05, 3.63) is 59.5 Å². The number of nitrogens with one attached hydrogen (secondary N) is 1. The smallest absolute Gasteiger partial charge is 0.257 e. The van der Waals surface area contributed by atoms with Gasteiger partial charge in [0.15, 0.2) is 5.13 Å². The van der Waals surface area contributed by atoms with Crippen molar-refractivity contribution in [1.82, 2.24) is 9.29 Å². The van der Waals surface area contributed by atoms with E-state index in [0.29, 0.717) is 18.2 Å². The highest BCUT2D eigenvalue weighted by molar-refractivity contribution is 7.98. The molecular formula is C21H23N3O3S3. The van der Waals surface area contributed by atoms with Gasteiger partial charge < -0.3 is 0 Å². The largest absolute Gasteiger partial charge is 0.298 e. The Bertz CT molecular complexity index is 1120. The number of carbonyl (C=O) groups is 1. The molecule has 1 heterocycles. The minimum atomic E-state index is -3.63. The summed E-state index contributed by atoms with van der Waals surface area (Å²) in [4.78, 5) is 18.4. The van der Waals surface area contributed by atoms with Crippen LogP contribution >= 0.6 is 23.1 Å². The molecule has 0 fully saturated rings. The maximum Gasteiger partial charge on any atom is 0.257 e. The Hall–Kier alpha value is -2.20. The number of hydrogen-bond acceptors (Lipinski definition) is 6. The zero-order chi connectivity index (χ0) is 21.7. The van der Waals surface area contributed by atoms with Crippen LogP contribution in [0.25, 0.3) is 11.3 Å². The Morgan fingerprint density at radius 3 is 2.47 bits per heavy atom. The summed E-state index contributed by atoms with van der Waals surface area (Å²) in [6, 6.07) is 14.1. The summed E-state index contributed by atoms with van der Waals surface area (Å²) in [5.41, 5.74) is 2.02. The molecule has 0 aliphatic carbocycles. The van der Waals surface area contributed by atoms with Crippen molar-refractivity contribution in [3.63, 3.8) is 0 Å². The van der Waals surface area contributed by atoms with Gasteiger partial charge in [0.2, 0.25) is 10.0 Å². The summed E-state index contributed by atoms with van der Waals surface area (Å²) in [5, 5.41) is 5.10. The number of sulfonamides is 1. The first-order chi connectivity index (χ1) is 14.4. The minimum absolute atomic E-state index is 0.104. The number of amides is 1. The lowest BCUT2D eigenvalue weighted by Crippen LogP contribution is -2.30. The molecule has 0 spiro atoms.